The molecule has 138 valence electrons. The number of hydrogen-bond donors (Lipinski definition) is 1. The predicted octanol–water partition coefficient (Wildman–Crippen LogP) is 0.907. The highest BCUT2D eigenvalue weighted by Gasteiger charge is 2.29. The number of carbonyl (C=O) groups excluding carboxylic acids is 1. The summed E-state index contributed by atoms with van der Waals surface area (Å²) in [6.07, 6.45) is 3.65. The molecule has 2 saturated heterocycles. The van der Waals surface area contributed by atoms with Gasteiger partial charge in [0.1, 0.15) is 0 Å². The molecule has 2 atom stereocenters. The van der Waals surface area contributed by atoms with Crippen molar-refractivity contribution >= 4 is 30.7 Å². The van der Waals surface area contributed by atoms with E-state index in [-0.39, 0.29) is 36.8 Å². The van der Waals surface area contributed by atoms with Crippen LogP contribution in [0.3, 0.4) is 0 Å². The molecule has 0 spiro atoms. The lowest BCUT2D eigenvalue weighted by Gasteiger charge is -2.40. The highest BCUT2D eigenvalue weighted by molar-refractivity contribution is 5.85. The number of amides is 1. The summed E-state index contributed by atoms with van der Waals surface area (Å²) in [4.78, 5) is 17.0. The molecule has 8 heteroatoms. The summed E-state index contributed by atoms with van der Waals surface area (Å²) in [6.45, 7) is 5.79. The van der Waals surface area contributed by atoms with E-state index in [1.807, 2.05) is 0 Å². The lowest BCUT2D eigenvalue weighted by molar-refractivity contribution is -0.138. The van der Waals surface area contributed by atoms with E-state index in [4.69, 9.17) is 15.2 Å². The molecule has 2 unspecified atom stereocenters. The predicted molar refractivity (Wildman–Crippen MR) is 95.6 cm³/mol. The fourth-order valence-corrected chi connectivity index (χ4v) is 3.18. The van der Waals surface area contributed by atoms with Crippen LogP contribution in [0.25, 0.3) is 0 Å². The molecular weight excluding hydrogens is 341 g/mol. The molecule has 0 saturated carbocycles. The first kappa shape index (κ1) is 22.9. The average Bonchev–Trinajstić information content (AvgIpc) is 2.54. The molecule has 0 aromatic carbocycles. The minimum absolute atomic E-state index is 0. The van der Waals surface area contributed by atoms with Crippen LogP contribution in [-0.2, 0) is 14.3 Å². The van der Waals surface area contributed by atoms with Gasteiger partial charge in [0.2, 0.25) is 5.91 Å². The number of nitrogens with zero attached hydrogens (tertiary/aromatic N) is 2. The van der Waals surface area contributed by atoms with Gasteiger partial charge in [0, 0.05) is 45.9 Å². The zero-order valence-electron chi connectivity index (χ0n) is 13.9. The summed E-state index contributed by atoms with van der Waals surface area (Å²) in [5, 5.41) is 0. The molecule has 0 aromatic rings. The Labute approximate surface area is 151 Å². The van der Waals surface area contributed by atoms with Crippen LogP contribution in [-0.4, -0.2) is 80.9 Å². The Hall–Kier alpha value is -0.110. The Kier molecular flexibility index (Phi) is 12.2. The number of morpholine rings is 1. The largest absolute Gasteiger partial charge is 0.380 e. The van der Waals surface area contributed by atoms with E-state index in [1.54, 1.807) is 7.11 Å². The van der Waals surface area contributed by atoms with E-state index in [0.717, 1.165) is 52.2 Å². The first-order chi connectivity index (χ1) is 10.2. The minimum atomic E-state index is -0.163. The molecule has 2 heterocycles. The average molecular weight is 372 g/mol. The molecule has 2 aliphatic heterocycles. The molecule has 2 aliphatic rings. The van der Waals surface area contributed by atoms with Crippen LogP contribution in [0.1, 0.15) is 25.7 Å². The van der Waals surface area contributed by atoms with Gasteiger partial charge in [0.25, 0.3) is 0 Å². The fourth-order valence-electron chi connectivity index (χ4n) is 3.18. The molecule has 2 fully saturated rings. The number of nitrogens with two attached hydrogens (primary N) is 1. The van der Waals surface area contributed by atoms with Crippen molar-refractivity contribution in [2.45, 2.75) is 37.8 Å². The molecule has 6 nitrogen and oxygen atoms in total. The number of carbonyl (C=O) groups is 1. The maximum absolute atomic E-state index is 12.5. The molecule has 1 amide bonds. The first-order valence-electron chi connectivity index (χ1n) is 8.07. The number of piperidine rings is 1. The topological polar surface area (TPSA) is 68.0 Å². The normalized spacial score (nSPS) is 23.6. The second-order valence-corrected chi connectivity index (χ2v) is 5.95. The van der Waals surface area contributed by atoms with Crippen molar-refractivity contribution < 1.29 is 14.3 Å². The lowest BCUT2D eigenvalue weighted by Crippen LogP contribution is -2.52. The summed E-state index contributed by atoms with van der Waals surface area (Å²) in [6, 6.07) is 0.333. The van der Waals surface area contributed by atoms with Crippen LogP contribution < -0.4 is 5.73 Å². The van der Waals surface area contributed by atoms with Gasteiger partial charge in [-0.05, 0) is 19.3 Å². The smallest absolute Gasteiger partial charge is 0.225 e. The van der Waals surface area contributed by atoms with E-state index in [1.165, 1.54) is 6.42 Å². The molecule has 0 aliphatic carbocycles. The van der Waals surface area contributed by atoms with Gasteiger partial charge >= 0.3 is 0 Å². The second kappa shape index (κ2) is 12.3. The molecule has 0 bridgehead atoms. The van der Waals surface area contributed by atoms with E-state index < -0.39 is 0 Å². The van der Waals surface area contributed by atoms with Crippen molar-refractivity contribution in [1.29, 1.82) is 0 Å². The van der Waals surface area contributed by atoms with Crippen molar-refractivity contribution in [2.75, 3.05) is 53.0 Å². The van der Waals surface area contributed by atoms with Gasteiger partial charge in [-0.3, -0.25) is 9.69 Å². The Morgan fingerprint density at radius 3 is 2.57 bits per heavy atom. The van der Waals surface area contributed by atoms with Crippen molar-refractivity contribution in [3.63, 3.8) is 0 Å². The van der Waals surface area contributed by atoms with Gasteiger partial charge in [-0.25, -0.2) is 0 Å². The van der Waals surface area contributed by atoms with E-state index in [0.29, 0.717) is 19.0 Å². The van der Waals surface area contributed by atoms with E-state index >= 15 is 0 Å². The van der Waals surface area contributed by atoms with Crippen LogP contribution in [0.15, 0.2) is 0 Å². The van der Waals surface area contributed by atoms with Crippen LogP contribution in [0.4, 0.5) is 0 Å². The summed E-state index contributed by atoms with van der Waals surface area (Å²) in [7, 11) is 1.62. The van der Waals surface area contributed by atoms with Gasteiger partial charge in [-0.2, -0.15) is 0 Å². The van der Waals surface area contributed by atoms with Crippen LogP contribution in [0.5, 0.6) is 0 Å². The monoisotopic (exact) mass is 371 g/mol. The van der Waals surface area contributed by atoms with Gasteiger partial charge in [0.15, 0.2) is 0 Å². The zero-order chi connectivity index (χ0) is 15.1. The molecule has 0 aromatic heterocycles. The van der Waals surface area contributed by atoms with Gasteiger partial charge in [-0.1, -0.05) is 0 Å². The number of likely N-dealkylation sites (tertiary alicyclic amines) is 1. The number of methoxy groups -OCH3 is 1. The van der Waals surface area contributed by atoms with Gasteiger partial charge < -0.3 is 20.1 Å². The Balaban J connectivity index is 0.00000242. The van der Waals surface area contributed by atoms with Crippen LogP contribution in [0, 0.1) is 0 Å². The number of halogens is 2. The summed E-state index contributed by atoms with van der Waals surface area (Å²) < 4.78 is 10.6. The molecule has 2 rings (SSSR count). The number of ether oxygens (including phenoxy) is 2. The van der Waals surface area contributed by atoms with Crippen molar-refractivity contribution in [1.82, 2.24) is 9.80 Å². The summed E-state index contributed by atoms with van der Waals surface area (Å²) >= 11 is 0. The number of rotatable bonds is 6. The van der Waals surface area contributed by atoms with Gasteiger partial charge in [-0.15, -0.1) is 24.8 Å². The van der Waals surface area contributed by atoms with Gasteiger partial charge in [0.05, 0.1) is 25.7 Å². The molecule has 0 radical (unpaired) electrons. The Morgan fingerprint density at radius 1 is 1.26 bits per heavy atom. The maximum atomic E-state index is 12.5. The Morgan fingerprint density at radius 2 is 1.96 bits per heavy atom. The van der Waals surface area contributed by atoms with Crippen molar-refractivity contribution in [3.05, 3.63) is 0 Å². The fraction of sp³-hybridized carbons (Fsp3) is 0.933. The SMILES string of the molecule is COC(CN)CC(=O)N1CCCCC1CN1CCOCC1.Cl.Cl. The highest BCUT2D eigenvalue weighted by Crippen LogP contribution is 2.20. The summed E-state index contributed by atoms with van der Waals surface area (Å²) in [5.41, 5.74) is 5.63. The lowest BCUT2D eigenvalue weighted by atomic mass is 10.0. The number of hydrogen-bond acceptors (Lipinski definition) is 5. The molecule has 2 N–H and O–H groups in total. The van der Waals surface area contributed by atoms with Crippen LogP contribution in [0.2, 0.25) is 0 Å². The second-order valence-electron chi connectivity index (χ2n) is 5.95. The molecular formula is C15H31Cl2N3O3. The highest BCUT2D eigenvalue weighted by atomic mass is 35.5. The first-order valence-corrected chi connectivity index (χ1v) is 8.07. The third kappa shape index (κ3) is 7.11. The maximum Gasteiger partial charge on any atom is 0.225 e. The van der Waals surface area contributed by atoms with E-state index in [2.05, 4.69) is 9.80 Å². The molecule has 23 heavy (non-hydrogen) atoms. The third-order valence-electron chi connectivity index (χ3n) is 4.52. The van der Waals surface area contributed by atoms with Crippen molar-refractivity contribution in [3.8, 4) is 0 Å². The van der Waals surface area contributed by atoms with Crippen molar-refractivity contribution in [2.24, 2.45) is 5.73 Å². The summed E-state index contributed by atoms with van der Waals surface area (Å²) in [5.74, 6) is 0.185. The third-order valence-corrected chi connectivity index (χ3v) is 4.52. The zero-order valence-corrected chi connectivity index (χ0v) is 15.6. The Bertz CT molecular complexity index is 327. The quantitative estimate of drug-likeness (QED) is 0.751. The minimum Gasteiger partial charge on any atom is -0.380 e. The van der Waals surface area contributed by atoms with E-state index in [9.17, 15) is 4.79 Å². The standard InChI is InChI=1S/C15H29N3O3.2ClH/c1-20-14(11-16)10-15(19)18-5-3-2-4-13(18)12-17-6-8-21-9-7-17;;/h13-14H,2-12,16H2,1H3;2*1H. The van der Waals surface area contributed by atoms with Crippen LogP contribution >= 0.6 is 24.8 Å².